The van der Waals surface area contributed by atoms with Gasteiger partial charge in [-0.15, -0.1) is 0 Å². The van der Waals surface area contributed by atoms with Gasteiger partial charge in [-0.05, 0) is 0 Å². The van der Waals surface area contributed by atoms with E-state index < -0.39 is 16.6 Å². The van der Waals surface area contributed by atoms with Crippen LogP contribution in [0.5, 0.6) is 0 Å². The van der Waals surface area contributed by atoms with Gasteiger partial charge in [0.2, 0.25) is 0 Å². The molecule has 0 aromatic heterocycles. The summed E-state index contributed by atoms with van der Waals surface area (Å²) in [6.07, 6.45) is -1.83. The molecule has 69 valence electrons. The SMILES string of the molecule is O=C(O)O.O=S(=O)(O)O.[Ag].[NaH]. The Labute approximate surface area is 100 Å². The van der Waals surface area contributed by atoms with Crippen LogP contribution in [0.25, 0.3) is 0 Å². The average molecular weight is 292 g/mol. The van der Waals surface area contributed by atoms with Crippen LogP contribution in [-0.2, 0) is 32.8 Å². The van der Waals surface area contributed by atoms with Gasteiger partial charge < -0.3 is 10.2 Å². The van der Waals surface area contributed by atoms with Crippen molar-refractivity contribution >= 4 is 46.1 Å². The van der Waals surface area contributed by atoms with E-state index in [0.717, 1.165) is 0 Å². The molecule has 0 aromatic rings. The van der Waals surface area contributed by atoms with E-state index in [9.17, 15) is 0 Å². The molecule has 11 heavy (non-hydrogen) atoms. The quantitative estimate of drug-likeness (QED) is 0.329. The summed E-state index contributed by atoms with van der Waals surface area (Å²) in [5.74, 6) is 0. The van der Waals surface area contributed by atoms with Crippen molar-refractivity contribution in [3.05, 3.63) is 0 Å². The van der Waals surface area contributed by atoms with Gasteiger partial charge in [0, 0.05) is 22.4 Å². The second-order valence-electron chi connectivity index (χ2n) is 0.730. The van der Waals surface area contributed by atoms with E-state index >= 15 is 0 Å². The van der Waals surface area contributed by atoms with Crippen LogP contribution < -0.4 is 0 Å². The number of carbonyl (C=O) groups is 1. The van der Waals surface area contributed by atoms with E-state index in [0.29, 0.717) is 0 Å². The molecule has 0 saturated heterocycles. The molecule has 0 saturated carbocycles. The molecule has 7 nitrogen and oxygen atoms in total. The maximum absolute atomic E-state index is 8.74. The molecule has 0 amide bonds. The van der Waals surface area contributed by atoms with Crippen molar-refractivity contribution in [1.29, 1.82) is 0 Å². The van der Waals surface area contributed by atoms with Crippen molar-refractivity contribution in [2.45, 2.75) is 0 Å². The van der Waals surface area contributed by atoms with Gasteiger partial charge in [-0.1, -0.05) is 0 Å². The van der Waals surface area contributed by atoms with Crippen molar-refractivity contribution in [3.8, 4) is 0 Å². The molecule has 4 N–H and O–H groups in total. The fraction of sp³-hybridized carbons (Fsp3) is 0. The summed E-state index contributed by atoms with van der Waals surface area (Å²) >= 11 is 0. The van der Waals surface area contributed by atoms with E-state index in [2.05, 4.69) is 0 Å². The summed E-state index contributed by atoms with van der Waals surface area (Å²) in [7, 11) is -4.67. The molecule has 0 rings (SSSR count). The summed E-state index contributed by atoms with van der Waals surface area (Å²) in [6.45, 7) is 0. The Morgan fingerprint density at radius 1 is 1.09 bits per heavy atom. The summed E-state index contributed by atoms with van der Waals surface area (Å²) in [5.41, 5.74) is 0. The first-order valence-corrected chi connectivity index (χ1v) is 2.75. The minimum absolute atomic E-state index is 0. The molecule has 1 radical (unpaired) electrons. The van der Waals surface area contributed by atoms with Crippen LogP contribution in [0, 0.1) is 0 Å². The first-order valence-electron chi connectivity index (χ1n) is 1.35. The molecule has 0 aliphatic heterocycles. The van der Waals surface area contributed by atoms with E-state index in [-0.39, 0.29) is 51.9 Å². The molecule has 0 bridgehead atoms. The monoisotopic (exact) mass is 291 g/mol. The molecule has 0 aromatic carbocycles. The molecular formula is CH5AgNaO7S. The number of carboxylic acid groups (broad SMARTS) is 2. The summed E-state index contributed by atoms with van der Waals surface area (Å²) in [5, 5.41) is 13.9. The van der Waals surface area contributed by atoms with Gasteiger partial charge in [0.1, 0.15) is 0 Å². The van der Waals surface area contributed by atoms with E-state index in [1.54, 1.807) is 0 Å². The normalized spacial score (nSPS) is 7.45. The molecular weight excluding hydrogens is 287 g/mol. The van der Waals surface area contributed by atoms with Crippen LogP contribution in [-0.4, -0.2) is 63.4 Å². The molecule has 0 aliphatic rings. The van der Waals surface area contributed by atoms with Gasteiger partial charge in [-0.2, -0.15) is 8.42 Å². The summed E-state index contributed by atoms with van der Waals surface area (Å²) in [4.78, 5) is 8.56. The van der Waals surface area contributed by atoms with Crippen molar-refractivity contribution in [3.63, 3.8) is 0 Å². The number of hydrogen-bond donors (Lipinski definition) is 4. The Kier molecular flexibility index (Phi) is 22.4. The van der Waals surface area contributed by atoms with Crippen molar-refractivity contribution in [2.75, 3.05) is 0 Å². The topological polar surface area (TPSA) is 132 Å². The van der Waals surface area contributed by atoms with Gasteiger partial charge in [-0.3, -0.25) is 9.11 Å². The second kappa shape index (κ2) is 10.9. The minimum atomic E-state index is -4.67. The first kappa shape index (κ1) is 22.6. The van der Waals surface area contributed by atoms with Gasteiger partial charge in [0.15, 0.2) is 0 Å². The first-order chi connectivity index (χ1) is 3.73. The molecule has 10 heteroatoms. The molecule has 0 spiro atoms. The fourth-order valence-corrected chi connectivity index (χ4v) is 0. The zero-order valence-electron chi connectivity index (χ0n) is 4.22. The summed E-state index contributed by atoms with van der Waals surface area (Å²) in [6, 6.07) is 0. The van der Waals surface area contributed by atoms with Gasteiger partial charge >= 0.3 is 46.1 Å². The van der Waals surface area contributed by atoms with Gasteiger partial charge in [0.25, 0.3) is 0 Å². The predicted octanol–water partition coefficient (Wildman–Crippen LogP) is -1.08. The molecule has 0 fully saturated rings. The van der Waals surface area contributed by atoms with Crippen molar-refractivity contribution in [2.24, 2.45) is 0 Å². The van der Waals surface area contributed by atoms with Crippen molar-refractivity contribution in [1.82, 2.24) is 0 Å². The zero-order chi connectivity index (χ0) is 8.08. The number of hydrogen-bond acceptors (Lipinski definition) is 3. The van der Waals surface area contributed by atoms with Crippen LogP contribution in [0.4, 0.5) is 4.79 Å². The second-order valence-corrected chi connectivity index (χ2v) is 1.63. The fourth-order valence-electron chi connectivity index (χ4n) is 0. The van der Waals surface area contributed by atoms with E-state index in [4.69, 9.17) is 32.5 Å². The van der Waals surface area contributed by atoms with Crippen LogP contribution in [0.1, 0.15) is 0 Å². The molecule has 0 aliphatic carbocycles. The van der Waals surface area contributed by atoms with Gasteiger partial charge in [0.05, 0.1) is 0 Å². The Morgan fingerprint density at radius 2 is 1.09 bits per heavy atom. The van der Waals surface area contributed by atoms with E-state index in [1.807, 2.05) is 0 Å². The Hall–Kier alpha value is 0.880. The zero-order valence-corrected chi connectivity index (χ0v) is 6.52. The van der Waals surface area contributed by atoms with Crippen LogP contribution in [0.2, 0.25) is 0 Å². The Bertz CT molecular complexity index is 161. The predicted molar refractivity (Wildman–Crippen MR) is 32.0 cm³/mol. The Balaban J connectivity index is -0.0000000383. The molecule has 0 unspecified atom stereocenters. The third-order valence-corrected chi connectivity index (χ3v) is 0. The molecule has 0 atom stereocenters. The van der Waals surface area contributed by atoms with Crippen LogP contribution in [0.3, 0.4) is 0 Å². The van der Waals surface area contributed by atoms with E-state index in [1.165, 1.54) is 0 Å². The van der Waals surface area contributed by atoms with Gasteiger partial charge in [-0.25, -0.2) is 4.79 Å². The van der Waals surface area contributed by atoms with Crippen LogP contribution in [0.15, 0.2) is 0 Å². The third kappa shape index (κ3) is 1110. The van der Waals surface area contributed by atoms with Crippen LogP contribution >= 0.6 is 0 Å². The third-order valence-electron chi connectivity index (χ3n) is 0. The van der Waals surface area contributed by atoms with Crippen molar-refractivity contribution < 1.29 is 54.9 Å². The average Bonchev–Trinajstić information content (AvgIpc) is 1.19. The maximum atomic E-state index is 8.74. The Morgan fingerprint density at radius 3 is 1.09 bits per heavy atom. The molecule has 0 heterocycles. The standard InChI is InChI=1S/CH2O3.Ag.Na.H2O4S.H/c2-1(3)4;;;1-5(2,3)4;/h(H2,2,3,4);;;(H2,1,2,3,4);. The number of rotatable bonds is 0. The summed E-state index contributed by atoms with van der Waals surface area (Å²) < 4.78 is 31.6.